The van der Waals surface area contributed by atoms with E-state index in [9.17, 15) is 9.59 Å². The van der Waals surface area contributed by atoms with Crippen molar-refractivity contribution in [3.05, 3.63) is 48.0 Å². The molecular weight excluding hydrogens is 296 g/mol. The number of hydrogen-bond acceptors (Lipinski definition) is 4. The van der Waals surface area contributed by atoms with Crippen LogP contribution in [0.15, 0.2) is 42.5 Å². The number of nitrogens with one attached hydrogen (secondary N) is 2. The van der Waals surface area contributed by atoms with Crippen LogP contribution in [-0.4, -0.2) is 17.6 Å². The first kappa shape index (κ1) is 16.8. The Balaban J connectivity index is 1.56. The van der Waals surface area contributed by atoms with Gasteiger partial charge in [-0.05, 0) is 25.3 Å². The molecule has 1 aromatic rings. The maximum Gasteiger partial charge on any atom is 0.230 e. The number of imide groups is 1. The molecule has 118 valence electrons. The Kier molecular flexibility index (Phi) is 6.68. The molecule has 2 atom stereocenters. The molecule has 22 heavy (non-hydrogen) atoms. The number of rotatable bonds is 8. The van der Waals surface area contributed by atoms with Gasteiger partial charge in [-0.25, -0.2) is 0 Å². The average molecular weight is 318 g/mol. The number of amides is 2. The van der Waals surface area contributed by atoms with Gasteiger partial charge in [-0.2, -0.15) is 0 Å². The van der Waals surface area contributed by atoms with Crippen LogP contribution in [0.4, 0.5) is 0 Å². The Morgan fingerprint density at radius 3 is 2.77 bits per heavy atom. The quantitative estimate of drug-likeness (QED) is 0.335. The van der Waals surface area contributed by atoms with E-state index in [2.05, 4.69) is 35.2 Å². The third-order valence-electron chi connectivity index (χ3n) is 3.60. The molecule has 1 aliphatic rings. The minimum atomic E-state index is -0.173. The predicted molar refractivity (Wildman–Crippen MR) is 90.1 cm³/mol. The van der Waals surface area contributed by atoms with E-state index in [1.54, 1.807) is 11.9 Å². The van der Waals surface area contributed by atoms with Gasteiger partial charge in [0.2, 0.25) is 11.8 Å². The second-order valence-electron chi connectivity index (χ2n) is 5.41. The van der Waals surface area contributed by atoms with Gasteiger partial charge in [-0.3, -0.25) is 19.6 Å². The van der Waals surface area contributed by atoms with E-state index in [1.807, 2.05) is 24.3 Å². The summed E-state index contributed by atoms with van der Waals surface area (Å²) in [5.74, 6) is 0.511. The van der Waals surface area contributed by atoms with Crippen molar-refractivity contribution in [3.8, 4) is 0 Å². The second kappa shape index (κ2) is 8.76. The van der Waals surface area contributed by atoms with Gasteiger partial charge in [0.25, 0.3) is 0 Å². The van der Waals surface area contributed by atoms with E-state index in [0.29, 0.717) is 18.9 Å². The standard InChI is InChI=1S/C17H22N2O2S/c1-13(14-8-4-2-5-9-14)19-22-11-7-3-6-10-15-12-16(20)18-17(15)21/h2-6,8-9,13,15,19H,7,10-12H2,1H3,(H,18,20,21)/b6-3-. The molecule has 0 aliphatic carbocycles. The Morgan fingerprint density at radius 2 is 2.09 bits per heavy atom. The number of carbonyl (C=O) groups is 2. The fourth-order valence-electron chi connectivity index (χ4n) is 2.30. The van der Waals surface area contributed by atoms with Crippen molar-refractivity contribution in [2.75, 3.05) is 5.75 Å². The van der Waals surface area contributed by atoms with Gasteiger partial charge >= 0.3 is 0 Å². The summed E-state index contributed by atoms with van der Waals surface area (Å²) in [6, 6.07) is 10.7. The molecule has 1 fully saturated rings. The molecule has 0 bridgehead atoms. The number of allylic oxidation sites excluding steroid dienone is 2. The first-order valence-electron chi connectivity index (χ1n) is 7.57. The summed E-state index contributed by atoms with van der Waals surface area (Å²) in [6.45, 7) is 2.15. The second-order valence-corrected chi connectivity index (χ2v) is 6.34. The van der Waals surface area contributed by atoms with Crippen molar-refractivity contribution >= 4 is 23.8 Å². The SMILES string of the molecule is CC(NSCC/C=C\CC1CC(=O)NC1=O)c1ccccc1. The van der Waals surface area contributed by atoms with E-state index in [0.717, 1.165) is 12.2 Å². The van der Waals surface area contributed by atoms with Crippen LogP contribution in [-0.2, 0) is 9.59 Å². The molecule has 2 N–H and O–H groups in total. The lowest BCUT2D eigenvalue weighted by molar-refractivity contribution is -0.125. The largest absolute Gasteiger partial charge is 0.296 e. The van der Waals surface area contributed by atoms with Crippen molar-refractivity contribution in [1.29, 1.82) is 0 Å². The molecule has 1 saturated heterocycles. The fraction of sp³-hybridized carbons (Fsp3) is 0.412. The molecule has 1 aliphatic heterocycles. The lowest BCUT2D eigenvalue weighted by atomic mass is 10.0. The van der Waals surface area contributed by atoms with E-state index in [4.69, 9.17) is 0 Å². The smallest absolute Gasteiger partial charge is 0.230 e. The first-order chi connectivity index (χ1) is 10.7. The van der Waals surface area contributed by atoms with Crippen LogP contribution in [0.2, 0.25) is 0 Å². The molecule has 1 aromatic carbocycles. The summed E-state index contributed by atoms with van der Waals surface area (Å²) in [7, 11) is 0. The summed E-state index contributed by atoms with van der Waals surface area (Å²) in [5, 5.41) is 2.33. The maximum absolute atomic E-state index is 11.4. The highest BCUT2D eigenvalue weighted by Crippen LogP contribution is 2.16. The Morgan fingerprint density at radius 1 is 1.32 bits per heavy atom. The topological polar surface area (TPSA) is 58.2 Å². The molecule has 0 aromatic heterocycles. The van der Waals surface area contributed by atoms with Crippen LogP contribution in [0.25, 0.3) is 0 Å². The van der Waals surface area contributed by atoms with Crippen LogP contribution in [0.1, 0.15) is 37.8 Å². The van der Waals surface area contributed by atoms with E-state index in [-0.39, 0.29) is 17.7 Å². The highest BCUT2D eigenvalue weighted by Gasteiger charge is 2.28. The van der Waals surface area contributed by atoms with Crippen LogP contribution in [0, 0.1) is 5.92 Å². The van der Waals surface area contributed by atoms with Gasteiger partial charge in [0.15, 0.2) is 0 Å². The molecule has 0 saturated carbocycles. The van der Waals surface area contributed by atoms with E-state index in [1.165, 1.54) is 5.56 Å². The van der Waals surface area contributed by atoms with Crippen LogP contribution < -0.4 is 10.0 Å². The summed E-state index contributed by atoms with van der Waals surface area (Å²) in [6.07, 6.45) is 6.01. The summed E-state index contributed by atoms with van der Waals surface area (Å²) >= 11 is 1.71. The predicted octanol–water partition coefficient (Wildman–Crippen LogP) is 2.98. The minimum absolute atomic E-state index is 0.137. The van der Waals surface area contributed by atoms with Gasteiger partial charge in [-0.1, -0.05) is 54.4 Å². The van der Waals surface area contributed by atoms with Crippen molar-refractivity contribution in [3.63, 3.8) is 0 Å². The van der Waals surface area contributed by atoms with Crippen molar-refractivity contribution in [1.82, 2.24) is 10.0 Å². The van der Waals surface area contributed by atoms with Gasteiger partial charge in [0.1, 0.15) is 0 Å². The van der Waals surface area contributed by atoms with Gasteiger partial charge in [-0.15, -0.1) is 0 Å². The van der Waals surface area contributed by atoms with Crippen LogP contribution >= 0.6 is 11.9 Å². The molecule has 2 unspecified atom stereocenters. The molecule has 1 heterocycles. The van der Waals surface area contributed by atoms with Gasteiger partial charge < -0.3 is 0 Å². The van der Waals surface area contributed by atoms with Crippen LogP contribution in [0.5, 0.6) is 0 Å². The molecular formula is C17H22N2O2S. The average Bonchev–Trinajstić information content (AvgIpc) is 2.84. The van der Waals surface area contributed by atoms with Gasteiger partial charge in [0, 0.05) is 18.2 Å². The summed E-state index contributed by atoms with van der Waals surface area (Å²) < 4.78 is 3.42. The molecule has 2 rings (SSSR count). The Hall–Kier alpha value is -1.59. The molecule has 0 spiro atoms. The lowest BCUT2D eigenvalue weighted by Gasteiger charge is -2.12. The summed E-state index contributed by atoms with van der Waals surface area (Å²) in [5.41, 5.74) is 1.28. The first-order valence-corrected chi connectivity index (χ1v) is 8.56. The summed E-state index contributed by atoms with van der Waals surface area (Å²) in [4.78, 5) is 22.4. The van der Waals surface area contributed by atoms with Crippen molar-refractivity contribution in [2.24, 2.45) is 5.92 Å². The highest BCUT2D eigenvalue weighted by atomic mass is 32.2. The minimum Gasteiger partial charge on any atom is -0.296 e. The molecule has 0 radical (unpaired) electrons. The lowest BCUT2D eigenvalue weighted by Crippen LogP contribution is -2.21. The van der Waals surface area contributed by atoms with Crippen molar-refractivity contribution < 1.29 is 9.59 Å². The van der Waals surface area contributed by atoms with Crippen LogP contribution in [0.3, 0.4) is 0 Å². The fourth-order valence-corrected chi connectivity index (χ4v) is 3.05. The zero-order valence-corrected chi connectivity index (χ0v) is 13.6. The van der Waals surface area contributed by atoms with E-state index < -0.39 is 0 Å². The number of benzene rings is 1. The molecule has 4 nitrogen and oxygen atoms in total. The molecule has 2 amide bonds. The Labute approximate surface area is 135 Å². The zero-order chi connectivity index (χ0) is 15.8. The number of carbonyl (C=O) groups excluding carboxylic acids is 2. The van der Waals surface area contributed by atoms with Crippen molar-refractivity contribution in [2.45, 2.75) is 32.2 Å². The zero-order valence-electron chi connectivity index (χ0n) is 12.7. The Bertz CT molecular complexity index is 531. The third kappa shape index (κ3) is 5.31. The number of hydrogen-bond donors (Lipinski definition) is 2. The monoisotopic (exact) mass is 318 g/mol. The maximum atomic E-state index is 11.4. The van der Waals surface area contributed by atoms with E-state index >= 15 is 0 Å². The highest BCUT2D eigenvalue weighted by molar-refractivity contribution is 7.97. The normalized spacial score (nSPS) is 19.6. The third-order valence-corrected chi connectivity index (χ3v) is 4.56. The van der Waals surface area contributed by atoms with Gasteiger partial charge in [0.05, 0.1) is 5.92 Å². The molecule has 5 heteroatoms.